The van der Waals surface area contributed by atoms with Crippen molar-refractivity contribution in [2.24, 2.45) is 0 Å². The highest BCUT2D eigenvalue weighted by atomic mass is 16.2. The summed E-state index contributed by atoms with van der Waals surface area (Å²) in [7, 11) is 3.52. The van der Waals surface area contributed by atoms with Gasteiger partial charge in [-0.3, -0.25) is 14.5 Å². The van der Waals surface area contributed by atoms with Crippen molar-refractivity contribution in [2.45, 2.75) is 32.4 Å². The molecule has 7 heteroatoms. The molecule has 0 radical (unpaired) electrons. The van der Waals surface area contributed by atoms with E-state index in [4.69, 9.17) is 0 Å². The van der Waals surface area contributed by atoms with Gasteiger partial charge in [0.2, 0.25) is 11.8 Å². The number of hydrogen-bond donors (Lipinski definition) is 1. The number of nitrogens with one attached hydrogen (secondary N) is 1. The molecule has 2 heterocycles. The van der Waals surface area contributed by atoms with E-state index in [2.05, 4.69) is 20.2 Å². The van der Waals surface area contributed by atoms with Crippen LogP contribution in [0.3, 0.4) is 0 Å². The van der Waals surface area contributed by atoms with Crippen LogP contribution in [-0.4, -0.2) is 58.8 Å². The molecule has 1 N–H and O–H groups in total. The maximum absolute atomic E-state index is 11.9. The summed E-state index contributed by atoms with van der Waals surface area (Å²) in [6, 6.07) is 1.87. The molecule has 1 aliphatic heterocycles. The fourth-order valence-corrected chi connectivity index (χ4v) is 2.51. The van der Waals surface area contributed by atoms with Crippen molar-refractivity contribution in [2.75, 3.05) is 27.2 Å². The minimum Gasteiger partial charge on any atom is -0.351 e. The van der Waals surface area contributed by atoms with E-state index in [1.807, 2.05) is 0 Å². The first-order valence-corrected chi connectivity index (χ1v) is 7.48. The first-order chi connectivity index (χ1) is 10.5. The van der Waals surface area contributed by atoms with Gasteiger partial charge in [-0.25, -0.2) is 9.97 Å². The third kappa shape index (κ3) is 4.24. The molecular formula is C15H23N5O2. The minimum atomic E-state index is -0.0840. The Morgan fingerprint density at radius 2 is 2.23 bits per heavy atom. The Morgan fingerprint density at radius 1 is 1.45 bits per heavy atom. The van der Waals surface area contributed by atoms with Crippen molar-refractivity contribution in [1.82, 2.24) is 25.1 Å². The van der Waals surface area contributed by atoms with E-state index in [9.17, 15) is 9.59 Å². The van der Waals surface area contributed by atoms with E-state index >= 15 is 0 Å². The number of carbonyl (C=O) groups excluding carboxylic acids is 2. The summed E-state index contributed by atoms with van der Waals surface area (Å²) >= 11 is 0. The lowest BCUT2D eigenvalue weighted by Gasteiger charge is -2.24. The molecule has 1 unspecified atom stereocenters. The average Bonchev–Trinajstić information content (AvgIpc) is 2.93. The van der Waals surface area contributed by atoms with Crippen molar-refractivity contribution in [3.63, 3.8) is 0 Å². The quantitative estimate of drug-likeness (QED) is 0.848. The Labute approximate surface area is 130 Å². The highest BCUT2D eigenvalue weighted by Crippen LogP contribution is 2.29. The van der Waals surface area contributed by atoms with E-state index in [0.29, 0.717) is 13.1 Å². The molecule has 1 aromatic heterocycles. The smallest absolute Gasteiger partial charge is 0.236 e. The summed E-state index contributed by atoms with van der Waals surface area (Å²) in [4.78, 5) is 35.5. The zero-order valence-corrected chi connectivity index (χ0v) is 13.4. The molecule has 0 aliphatic carbocycles. The predicted molar refractivity (Wildman–Crippen MR) is 81.8 cm³/mol. The zero-order chi connectivity index (χ0) is 16.1. The first kappa shape index (κ1) is 16.4. The molecule has 1 aromatic rings. The zero-order valence-electron chi connectivity index (χ0n) is 13.4. The van der Waals surface area contributed by atoms with Crippen LogP contribution in [0.15, 0.2) is 12.3 Å². The number of hydrogen-bond acceptors (Lipinski definition) is 5. The van der Waals surface area contributed by atoms with E-state index < -0.39 is 0 Å². The van der Waals surface area contributed by atoms with Crippen LogP contribution in [0, 0.1) is 0 Å². The van der Waals surface area contributed by atoms with Crippen LogP contribution >= 0.6 is 0 Å². The largest absolute Gasteiger partial charge is 0.351 e. The molecule has 0 aromatic carbocycles. The highest BCUT2D eigenvalue weighted by molar-refractivity contribution is 5.77. The molecule has 1 saturated heterocycles. The van der Waals surface area contributed by atoms with E-state index in [0.717, 1.165) is 30.9 Å². The van der Waals surface area contributed by atoms with E-state index in [-0.39, 0.29) is 17.9 Å². The Hall–Kier alpha value is -2.02. The Kier molecular flexibility index (Phi) is 5.43. The van der Waals surface area contributed by atoms with Crippen LogP contribution in [-0.2, 0) is 16.1 Å². The fraction of sp³-hybridized carbons (Fsp3) is 0.600. The number of likely N-dealkylation sites (N-methyl/N-ethyl adjacent to an activating group) is 1. The SMILES string of the molecule is CC(=O)NCc1ccnc(C2CCCN2CC(=O)N(C)C)n1. The molecule has 0 spiro atoms. The van der Waals surface area contributed by atoms with Gasteiger partial charge in [0.25, 0.3) is 0 Å². The predicted octanol–water partition coefficient (Wildman–Crippen LogP) is 0.338. The number of rotatable bonds is 5. The van der Waals surface area contributed by atoms with Crippen LogP contribution in [0.5, 0.6) is 0 Å². The Bertz CT molecular complexity index is 546. The van der Waals surface area contributed by atoms with Crippen LogP contribution in [0.1, 0.15) is 37.3 Å². The fourth-order valence-electron chi connectivity index (χ4n) is 2.51. The van der Waals surface area contributed by atoms with Crippen molar-refractivity contribution in [3.05, 3.63) is 23.8 Å². The minimum absolute atomic E-state index is 0.0705. The summed E-state index contributed by atoms with van der Waals surface area (Å²) < 4.78 is 0. The summed E-state index contributed by atoms with van der Waals surface area (Å²) in [6.45, 7) is 3.14. The summed E-state index contributed by atoms with van der Waals surface area (Å²) in [5, 5.41) is 2.73. The van der Waals surface area contributed by atoms with Gasteiger partial charge in [-0.2, -0.15) is 0 Å². The highest BCUT2D eigenvalue weighted by Gasteiger charge is 2.30. The number of nitrogens with zero attached hydrogens (tertiary/aromatic N) is 4. The monoisotopic (exact) mass is 305 g/mol. The molecule has 1 atom stereocenters. The molecule has 120 valence electrons. The van der Waals surface area contributed by atoms with Crippen molar-refractivity contribution in [1.29, 1.82) is 0 Å². The first-order valence-electron chi connectivity index (χ1n) is 7.48. The van der Waals surface area contributed by atoms with Gasteiger partial charge in [0.05, 0.1) is 24.8 Å². The van der Waals surface area contributed by atoms with Gasteiger partial charge in [0, 0.05) is 27.2 Å². The average molecular weight is 305 g/mol. The molecule has 0 saturated carbocycles. The third-order valence-corrected chi connectivity index (χ3v) is 3.75. The molecular weight excluding hydrogens is 282 g/mol. The molecule has 22 heavy (non-hydrogen) atoms. The summed E-state index contributed by atoms with van der Waals surface area (Å²) in [6.07, 6.45) is 3.69. The summed E-state index contributed by atoms with van der Waals surface area (Å²) in [5.41, 5.74) is 0.783. The Morgan fingerprint density at radius 3 is 2.91 bits per heavy atom. The van der Waals surface area contributed by atoms with E-state index in [1.165, 1.54) is 6.92 Å². The molecule has 1 aliphatic rings. The lowest BCUT2D eigenvalue weighted by Crippen LogP contribution is -2.36. The molecule has 2 rings (SSSR count). The standard InChI is InChI=1S/C15H23N5O2/c1-11(21)17-9-12-6-7-16-15(18-12)13-5-4-8-20(13)10-14(22)19(2)3/h6-7,13H,4-5,8-10H2,1-3H3,(H,17,21). The van der Waals surface area contributed by atoms with Gasteiger partial charge in [0.1, 0.15) is 5.82 Å². The number of likely N-dealkylation sites (tertiary alicyclic amines) is 1. The van der Waals surface area contributed by atoms with Crippen molar-refractivity contribution in [3.8, 4) is 0 Å². The lowest BCUT2D eigenvalue weighted by molar-refractivity contribution is -0.130. The van der Waals surface area contributed by atoms with Gasteiger partial charge in [-0.05, 0) is 25.5 Å². The van der Waals surface area contributed by atoms with Gasteiger partial charge < -0.3 is 10.2 Å². The summed E-state index contributed by atoms with van der Waals surface area (Å²) in [5.74, 6) is 0.729. The van der Waals surface area contributed by atoms with E-state index in [1.54, 1.807) is 31.3 Å². The van der Waals surface area contributed by atoms with Gasteiger partial charge in [-0.1, -0.05) is 0 Å². The van der Waals surface area contributed by atoms with Crippen LogP contribution in [0.4, 0.5) is 0 Å². The second kappa shape index (κ2) is 7.31. The van der Waals surface area contributed by atoms with Crippen LogP contribution < -0.4 is 5.32 Å². The second-order valence-electron chi connectivity index (χ2n) is 5.73. The topological polar surface area (TPSA) is 78.4 Å². The maximum atomic E-state index is 11.9. The normalized spacial score (nSPS) is 18.2. The van der Waals surface area contributed by atoms with Crippen molar-refractivity contribution >= 4 is 11.8 Å². The van der Waals surface area contributed by atoms with Gasteiger partial charge >= 0.3 is 0 Å². The van der Waals surface area contributed by atoms with Crippen molar-refractivity contribution < 1.29 is 9.59 Å². The van der Waals surface area contributed by atoms with Gasteiger partial charge in [-0.15, -0.1) is 0 Å². The molecule has 0 bridgehead atoms. The second-order valence-corrected chi connectivity index (χ2v) is 5.73. The molecule has 2 amide bonds. The Balaban J connectivity index is 2.07. The number of amides is 2. The number of carbonyl (C=O) groups is 2. The number of aromatic nitrogens is 2. The third-order valence-electron chi connectivity index (χ3n) is 3.75. The molecule has 1 fully saturated rings. The maximum Gasteiger partial charge on any atom is 0.236 e. The van der Waals surface area contributed by atoms with Crippen LogP contribution in [0.2, 0.25) is 0 Å². The molecule has 7 nitrogen and oxygen atoms in total. The lowest BCUT2D eigenvalue weighted by atomic mass is 10.2. The van der Waals surface area contributed by atoms with Crippen LogP contribution in [0.25, 0.3) is 0 Å². The van der Waals surface area contributed by atoms with Gasteiger partial charge in [0.15, 0.2) is 0 Å².